The van der Waals surface area contributed by atoms with Gasteiger partial charge in [0.1, 0.15) is 12.6 Å². The first-order valence-corrected chi connectivity index (χ1v) is 6.35. The third kappa shape index (κ3) is 3.37. The first-order chi connectivity index (χ1) is 9.49. The molecule has 0 aliphatic heterocycles. The largest absolute Gasteiger partial charge is 0.480 e. The Balaban J connectivity index is 1.96. The molecule has 1 unspecified atom stereocenters. The van der Waals surface area contributed by atoms with Crippen molar-refractivity contribution in [1.82, 2.24) is 10.2 Å². The van der Waals surface area contributed by atoms with Crippen molar-refractivity contribution < 1.29 is 23.9 Å². The molecule has 7 nitrogen and oxygen atoms in total. The van der Waals surface area contributed by atoms with Gasteiger partial charge in [-0.05, 0) is 31.9 Å². The molecule has 1 saturated carbocycles. The molecule has 1 atom stereocenters. The second-order valence-corrected chi connectivity index (χ2v) is 4.76. The number of aliphatic carboxylic acids is 1. The molecule has 0 saturated heterocycles. The highest BCUT2D eigenvalue weighted by Crippen LogP contribution is 2.27. The number of nitrogens with one attached hydrogen (secondary N) is 1. The smallest absolute Gasteiger partial charge is 0.323 e. The Labute approximate surface area is 115 Å². The quantitative estimate of drug-likeness (QED) is 0.789. The fraction of sp³-hybridized carbons (Fsp3) is 0.462. The molecule has 0 radical (unpaired) electrons. The molecule has 1 aromatic heterocycles. The van der Waals surface area contributed by atoms with Crippen molar-refractivity contribution in [1.29, 1.82) is 0 Å². The van der Waals surface area contributed by atoms with E-state index < -0.39 is 23.8 Å². The molecular formula is C13H16N2O5. The molecule has 1 aliphatic carbocycles. The van der Waals surface area contributed by atoms with Crippen LogP contribution in [0.5, 0.6) is 0 Å². The summed E-state index contributed by atoms with van der Waals surface area (Å²) in [4.78, 5) is 36.0. The van der Waals surface area contributed by atoms with Crippen LogP contribution >= 0.6 is 0 Å². The van der Waals surface area contributed by atoms with Crippen LogP contribution in [-0.4, -0.2) is 46.4 Å². The zero-order chi connectivity index (χ0) is 14.7. The molecule has 1 heterocycles. The summed E-state index contributed by atoms with van der Waals surface area (Å²) in [6.07, 6.45) is 2.97. The second kappa shape index (κ2) is 5.77. The summed E-state index contributed by atoms with van der Waals surface area (Å²) >= 11 is 0. The topological polar surface area (TPSA) is 99.9 Å². The molecule has 2 rings (SSSR count). The number of nitrogens with zero attached hydrogens (tertiary/aromatic N) is 1. The van der Waals surface area contributed by atoms with E-state index in [1.54, 1.807) is 6.07 Å². The molecule has 1 aromatic rings. The average molecular weight is 280 g/mol. The van der Waals surface area contributed by atoms with E-state index in [0.717, 1.165) is 12.8 Å². The van der Waals surface area contributed by atoms with Gasteiger partial charge in [0.2, 0.25) is 5.91 Å². The molecular weight excluding hydrogens is 264 g/mol. The zero-order valence-electron chi connectivity index (χ0n) is 11.0. The first kappa shape index (κ1) is 14.1. The lowest BCUT2D eigenvalue weighted by atomic mass is 10.2. The highest BCUT2D eigenvalue weighted by Gasteiger charge is 2.36. The predicted octanol–water partition coefficient (Wildman–Crippen LogP) is 0.473. The van der Waals surface area contributed by atoms with Gasteiger partial charge in [-0.15, -0.1) is 0 Å². The Bertz CT molecular complexity index is 507. The summed E-state index contributed by atoms with van der Waals surface area (Å²) < 4.78 is 4.93. The fourth-order valence-electron chi connectivity index (χ4n) is 1.90. The van der Waals surface area contributed by atoms with Crippen molar-refractivity contribution in [3.63, 3.8) is 0 Å². The summed E-state index contributed by atoms with van der Waals surface area (Å²) in [5.41, 5.74) is 0. The van der Waals surface area contributed by atoms with Crippen molar-refractivity contribution >= 4 is 17.8 Å². The summed E-state index contributed by atoms with van der Waals surface area (Å²) in [5, 5.41) is 11.3. The molecule has 1 aliphatic rings. The molecule has 20 heavy (non-hydrogen) atoms. The maximum atomic E-state index is 12.2. The van der Waals surface area contributed by atoms with E-state index in [-0.39, 0.29) is 18.3 Å². The van der Waals surface area contributed by atoms with Gasteiger partial charge in [-0.3, -0.25) is 14.4 Å². The van der Waals surface area contributed by atoms with Gasteiger partial charge in [0.25, 0.3) is 5.91 Å². The van der Waals surface area contributed by atoms with Crippen LogP contribution in [0.25, 0.3) is 0 Å². The van der Waals surface area contributed by atoms with Crippen LogP contribution in [0.2, 0.25) is 0 Å². The third-order valence-electron chi connectivity index (χ3n) is 3.04. The van der Waals surface area contributed by atoms with Gasteiger partial charge in [-0.1, -0.05) is 0 Å². The second-order valence-electron chi connectivity index (χ2n) is 4.76. The number of hydrogen-bond acceptors (Lipinski definition) is 4. The van der Waals surface area contributed by atoms with E-state index in [2.05, 4.69) is 5.32 Å². The van der Waals surface area contributed by atoms with Crippen LogP contribution in [-0.2, 0) is 9.59 Å². The maximum absolute atomic E-state index is 12.2. The van der Waals surface area contributed by atoms with E-state index >= 15 is 0 Å². The van der Waals surface area contributed by atoms with Crippen LogP contribution < -0.4 is 5.32 Å². The normalized spacial score (nSPS) is 15.4. The SMILES string of the molecule is CC(NC(=O)c1ccco1)C(=O)N(CC(=O)O)C1CC1. The van der Waals surface area contributed by atoms with Crippen molar-refractivity contribution in [3.8, 4) is 0 Å². The van der Waals surface area contributed by atoms with E-state index in [1.165, 1.54) is 24.2 Å². The van der Waals surface area contributed by atoms with Gasteiger partial charge in [-0.2, -0.15) is 0 Å². The van der Waals surface area contributed by atoms with Gasteiger partial charge >= 0.3 is 5.97 Å². The summed E-state index contributed by atoms with van der Waals surface area (Å²) in [5.74, 6) is -1.84. The van der Waals surface area contributed by atoms with Crippen LogP contribution in [0, 0.1) is 0 Å². The summed E-state index contributed by atoms with van der Waals surface area (Å²) in [7, 11) is 0. The van der Waals surface area contributed by atoms with Crippen molar-refractivity contribution in [3.05, 3.63) is 24.2 Å². The Morgan fingerprint density at radius 3 is 2.70 bits per heavy atom. The monoisotopic (exact) mass is 280 g/mol. The minimum absolute atomic E-state index is 0.0263. The van der Waals surface area contributed by atoms with Crippen LogP contribution in [0.4, 0.5) is 0 Å². The molecule has 0 bridgehead atoms. The molecule has 108 valence electrons. The standard InChI is InChI=1S/C13H16N2O5/c1-8(14-12(18)10-3-2-6-20-10)13(19)15(7-11(16)17)9-4-5-9/h2-3,6,8-9H,4-5,7H2,1H3,(H,14,18)(H,16,17). The lowest BCUT2D eigenvalue weighted by Gasteiger charge is -2.24. The highest BCUT2D eigenvalue weighted by atomic mass is 16.4. The number of rotatable bonds is 6. The molecule has 2 N–H and O–H groups in total. The zero-order valence-corrected chi connectivity index (χ0v) is 11.0. The number of carbonyl (C=O) groups is 3. The minimum atomic E-state index is -1.06. The summed E-state index contributed by atoms with van der Waals surface area (Å²) in [6, 6.07) is 2.24. The van der Waals surface area contributed by atoms with E-state index in [1.807, 2.05) is 0 Å². The Morgan fingerprint density at radius 2 is 2.20 bits per heavy atom. The van der Waals surface area contributed by atoms with E-state index in [4.69, 9.17) is 9.52 Å². The third-order valence-corrected chi connectivity index (χ3v) is 3.04. The van der Waals surface area contributed by atoms with Crippen LogP contribution in [0.15, 0.2) is 22.8 Å². The van der Waals surface area contributed by atoms with Gasteiger partial charge in [0.15, 0.2) is 5.76 Å². The van der Waals surface area contributed by atoms with E-state index in [0.29, 0.717) is 0 Å². The maximum Gasteiger partial charge on any atom is 0.323 e. The number of carboxylic acid groups (broad SMARTS) is 1. The molecule has 0 spiro atoms. The van der Waals surface area contributed by atoms with Gasteiger partial charge in [0.05, 0.1) is 6.26 Å². The Kier molecular flexibility index (Phi) is 4.07. The Morgan fingerprint density at radius 1 is 1.50 bits per heavy atom. The Hall–Kier alpha value is -2.31. The molecule has 0 aromatic carbocycles. The summed E-state index contributed by atoms with van der Waals surface area (Å²) in [6.45, 7) is 1.19. The molecule has 7 heteroatoms. The van der Waals surface area contributed by atoms with Crippen molar-refractivity contribution in [2.75, 3.05) is 6.54 Å². The molecule has 1 fully saturated rings. The first-order valence-electron chi connectivity index (χ1n) is 6.35. The number of furan rings is 1. The van der Waals surface area contributed by atoms with Crippen molar-refractivity contribution in [2.24, 2.45) is 0 Å². The van der Waals surface area contributed by atoms with Gasteiger partial charge in [0, 0.05) is 6.04 Å². The van der Waals surface area contributed by atoms with Crippen molar-refractivity contribution in [2.45, 2.75) is 31.8 Å². The average Bonchev–Trinajstić information content (AvgIpc) is 3.08. The lowest BCUT2D eigenvalue weighted by Crippen LogP contribution is -2.49. The number of amides is 2. The number of carbonyl (C=O) groups excluding carboxylic acids is 2. The predicted molar refractivity (Wildman–Crippen MR) is 68.0 cm³/mol. The number of carboxylic acids is 1. The fourth-order valence-corrected chi connectivity index (χ4v) is 1.90. The molecule has 2 amide bonds. The van der Waals surface area contributed by atoms with Crippen LogP contribution in [0.3, 0.4) is 0 Å². The highest BCUT2D eigenvalue weighted by molar-refractivity contribution is 5.95. The minimum Gasteiger partial charge on any atom is -0.480 e. The van der Waals surface area contributed by atoms with E-state index in [9.17, 15) is 14.4 Å². The van der Waals surface area contributed by atoms with Gasteiger partial charge in [-0.25, -0.2) is 0 Å². The van der Waals surface area contributed by atoms with Crippen LogP contribution in [0.1, 0.15) is 30.3 Å². The number of hydrogen-bond donors (Lipinski definition) is 2. The lowest BCUT2D eigenvalue weighted by molar-refractivity contribution is -0.145. The van der Waals surface area contributed by atoms with Gasteiger partial charge < -0.3 is 19.7 Å².